The molecule has 0 aliphatic heterocycles. The number of carbonyl (C=O) groups excluding carboxylic acids is 1. The van der Waals surface area contributed by atoms with Crippen molar-refractivity contribution < 1.29 is 17.6 Å². The largest absolute Gasteiger partial charge is 0.441 e. The fourth-order valence-corrected chi connectivity index (χ4v) is 4.81. The molecule has 0 unspecified atom stereocenters. The Kier molecular flexibility index (Phi) is 7.02. The van der Waals surface area contributed by atoms with Crippen LogP contribution < -0.4 is 10.0 Å². The summed E-state index contributed by atoms with van der Waals surface area (Å²) in [6.07, 6.45) is 2.19. The van der Waals surface area contributed by atoms with E-state index in [9.17, 15) is 13.2 Å². The van der Waals surface area contributed by atoms with Gasteiger partial charge >= 0.3 is 0 Å². The number of anilines is 2. The molecule has 0 aliphatic carbocycles. The van der Waals surface area contributed by atoms with E-state index in [1.54, 1.807) is 18.3 Å². The zero-order valence-corrected chi connectivity index (χ0v) is 20.6. The van der Waals surface area contributed by atoms with Gasteiger partial charge in [0.25, 0.3) is 10.0 Å². The molecule has 1 heterocycles. The van der Waals surface area contributed by atoms with E-state index in [0.29, 0.717) is 29.4 Å². The van der Waals surface area contributed by atoms with Gasteiger partial charge in [0, 0.05) is 24.1 Å². The highest BCUT2D eigenvalue weighted by Crippen LogP contribution is 2.24. The minimum Gasteiger partial charge on any atom is -0.441 e. The first-order valence-electron chi connectivity index (χ1n) is 11.2. The number of nitrogens with one attached hydrogen (secondary N) is 2. The van der Waals surface area contributed by atoms with E-state index >= 15 is 0 Å². The second-order valence-electron chi connectivity index (χ2n) is 8.43. The highest BCUT2D eigenvalue weighted by Gasteiger charge is 2.17. The first-order chi connectivity index (χ1) is 16.7. The van der Waals surface area contributed by atoms with Crippen molar-refractivity contribution in [3.05, 3.63) is 95.5 Å². The van der Waals surface area contributed by atoms with E-state index < -0.39 is 10.0 Å². The summed E-state index contributed by atoms with van der Waals surface area (Å²) in [5, 5.41) is 2.78. The predicted octanol–water partition coefficient (Wildman–Crippen LogP) is 5.64. The summed E-state index contributed by atoms with van der Waals surface area (Å²) in [4.78, 5) is 16.8. The Morgan fingerprint density at radius 1 is 0.914 bits per heavy atom. The summed E-state index contributed by atoms with van der Waals surface area (Å²) >= 11 is 0. The Labute approximate surface area is 205 Å². The molecule has 0 atom stereocenters. The first-order valence-corrected chi connectivity index (χ1v) is 12.7. The number of aromatic nitrogens is 1. The van der Waals surface area contributed by atoms with Gasteiger partial charge in [-0.1, -0.05) is 48.0 Å². The smallest absolute Gasteiger partial charge is 0.261 e. The van der Waals surface area contributed by atoms with Crippen molar-refractivity contribution in [2.75, 3.05) is 10.0 Å². The van der Waals surface area contributed by atoms with Crippen molar-refractivity contribution in [3.8, 4) is 11.3 Å². The third-order valence-corrected chi connectivity index (χ3v) is 6.99. The van der Waals surface area contributed by atoms with Crippen LogP contribution in [0.4, 0.5) is 11.4 Å². The molecular weight excluding hydrogens is 462 g/mol. The van der Waals surface area contributed by atoms with Crippen LogP contribution in [0, 0.1) is 20.8 Å². The summed E-state index contributed by atoms with van der Waals surface area (Å²) in [5.41, 5.74) is 4.86. The number of carbonyl (C=O) groups is 1. The lowest BCUT2D eigenvalue weighted by molar-refractivity contribution is -0.116. The second-order valence-corrected chi connectivity index (χ2v) is 10.1. The quantitative estimate of drug-likeness (QED) is 0.334. The number of nitrogens with zero attached hydrogens (tertiary/aromatic N) is 1. The van der Waals surface area contributed by atoms with Crippen LogP contribution in [0.2, 0.25) is 0 Å². The molecule has 4 rings (SSSR count). The van der Waals surface area contributed by atoms with E-state index in [1.807, 2.05) is 63.2 Å². The maximum absolute atomic E-state index is 12.8. The van der Waals surface area contributed by atoms with E-state index in [0.717, 1.165) is 22.3 Å². The molecule has 7 nitrogen and oxygen atoms in total. The van der Waals surface area contributed by atoms with Crippen LogP contribution in [0.1, 0.15) is 29.0 Å². The molecule has 3 aromatic carbocycles. The van der Waals surface area contributed by atoms with Gasteiger partial charge in [0.2, 0.25) is 5.91 Å². The number of rotatable bonds is 8. The zero-order chi connectivity index (χ0) is 25.0. The van der Waals surface area contributed by atoms with Gasteiger partial charge < -0.3 is 9.73 Å². The summed E-state index contributed by atoms with van der Waals surface area (Å²) < 4.78 is 34.0. The van der Waals surface area contributed by atoms with E-state index in [4.69, 9.17) is 4.42 Å². The minimum atomic E-state index is -3.76. The van der Waals surface area contributed by atoms with Crippen molar-refractivity contribution >= 4 is 27.3 Å². The van der Waals surface area contributed by atoms with E-state index in [2.05, 4.69) is 15.0 Å². The Morgan fingerprint density at radius 3 is 2.23 bits per heavy atom. The first kappa shape index (κ1) is 24.2. The van der Waals surface area contributed by atoms with Gasteiger partial charge in [-0.25, -0.2) is 13.4 Å². The Bertz CT molecular complexity index is 1420. The molecule has 1 amide bonds. The average Bonchev–Trinajstić information content (AvgIpc) is 3.30. The number of para-hydroxylation sites is 1. The molecular formula is C27H27N3O4S. The summed E-state index contributed by atoms with van der Waals surface area (Å²) in [6.45, 7) is 5.72. The predicted molar refractivity (Wildman–Crippen MR) is 137 cm³/mol. The lowest BCUT2D eigenvalue weighted by Crippen LogP contribution is -2.15. The topological polar surface area (TPSA) is 101 Å². The standard InChI is InChI=1S/C27H27N3O4S/c1-18-7-9-21(10-8-18)24-17-28-26(34-24)16-15-25(31)29-22-11-13-23(14-12-22)35(32,33)30-27-19(2)5-4-6-20(27)3/h4-14,17,30H,15-16H2,1-3H3,(H,29,31). The minimum absolute atomic E-state index is 0.113. The molecule has 2 N–H and O–H groups in total. The van der Waals surface area contributed by atoms with Crippen molar-refractivity contribution in [1.82, 2.24) is 4.98 Å². The maximum atomic E-state index is 12.8. The molecule has 0 bridgehead atoms. The van der Waals surface area contributed by atoms with Gasteiger partial charge in [-0.05, 0) is 56.2 Å². The van der Waals surface area contributed by atoms with Crippen LogP contribution >= 0.6 is 0 Å². The second kappa shape index (κ2) is 10.1. The van der Waals surface area contributed by atoms with Crippen molar-refractivity contribution in [1.29, 1.82) is 0 Å². The SMILES string of the molecule is Cc1ccc(-c2cnc(CCC(=O)Nc3ccc(S(=O)(=O)Nc4c(C)cccc4C)cc3)o2)cc1. The third-order valence-electron chi connectivity index (χ3n) is 5.62. The molecule has 8 heteroatoms. The van der Waals surface area contributed by atoms with Gasteiger partial charge in [0.15, 0.2) is 11.7 Å². The molecule has 0 fully saturated rings. The molecule has 0 saturated carbocycles. The molecule has 180 valence electrons. The van der Waals surface area contributed by atoms with Crippen molar-refractivity contribution in [3.63, 3.8) is 0 Å². The molecule has 0 aliphatic rings. The number of benzene rings is 3. The number of amides is 1. The van der Waals surface area contributed by atoms with Crippen molar-refractivity contribution in [2.45, 2.75) is 38.5 Å². The van der Waals surface area contributed by atoms with Crippen LogP contribution in [-0.4, -0.2) is 19.3 Å². The van der Waals surface area contributed by atoms with Gasteiger partial charge in [-0.15, -0.1) is 0 Å². The Hall–Kier alpha value is -3.91. The summed E-state index contributed by atoms with van der Waals surface area (Å²) in [6, 6.07) is 19.6. The van der Waals surface area contributed by atoms with Crippen LogP contribution in [0.5, 0.6) is 0 Å². The molecule has 1 aromatic heterocycles. The Balaban J connectivity index is 1.34. The van der Waals surface area contributed by atoms with Gasteiger partial charge in [-0.2, -0.15) is 0 Å². The van der Waals surface area contributed by atoms with E-state index in [1.165, 1.54) is 12.1 Å². The number of aryl methyl sites for hydroxylation is 4. The van der Waals surface area contributed by atoms with Gasteiger partial charge in [0.1, 0.15) is 0 Å². The highest BCUT2D eigenvalue weighted by atomic mass is 32.2. The van der Waals surface area contributed by atoms with Crippen LogP contribution in [-0.2, 0) is 21.2 Å². The molecule has 0 spiro atoms. The van der Waals surface area contributed by atoms with Crippen LogP contribution in [0.25, 0.3) is 11.3 Å². The summed E-state index contributed by atoms with van der Waals surface area (Å²) in [7, 11) is -3.76. The third kappa shape index (κ3) is 5.96. The fraction of sp³-hybridized carbons (Fsp3) is 0.185. The fourth-order valence-electron chi connectivity index (χ4n) is 3.61. The monoisotopic (exact) mass is 489 g/mol. The normalized spacial score (nSPS) is 11.3. The number of oxazole rings is 1. The summed E-state index contributed by atoms with van der Waals surface area (Å²) in [5.74, 6) is 0.922. The van der Waals surface area contributed by atoms with Gasteiger partial charge in [0.05, 0.1) is 16.8 Å². The Morgan fingerprint density at radius 2 is 1.57 bits per heavy atom. The van der Waals surface area contributed by atoms with Crippen molar-refractivity contribution in [2.24, 2.45) is 0 Å². The number of hydrogen-bond donors (Lipinski definition) is 2. The molecule has 0 saturated heterocycles. The van der Waals surface area contributed by atoms with Crippen LogP contribution in [0.15, 0.2) is 82.2 Å². The lowest BCUT2D eigenvalue weighted by atomic mass is 10.1. The number of sulfonamides is 1. The van der Waals surface area contributed by atoms with Crippen LogP contribution in [0.3, 0.4) is 0 Å². The molecule has 0 radical (unpaired) electrons. The maximum Gasteiger partial charge on any atom is 0.261 e. The molecule has 4 aromatic rings. The van der Waals surface area contributed by atoms with Gasteiger partial charge in [-0.3, -0.25) is 9.52 Å². The zero-order valence-electron chi connectivity index (χ0n) is 19.8. The number of hydrogen-bond acceptors (Lipinski definition) is 5. The average molecular weight is 490 g/mol. The highest BCUT2D eigenvalue weighted by molar-refractivity contribution is 7.92. The van der Waals surface area contributed by atoms with E-state index in [-0.39, 0.29) is 17.2 Å². The lowest BCUT2D eigenvalue weighted by Gasteiger charge is -2.13. The molecule has 35 heavy (non-hydrogen) atoms.